The molecule has 1 atom stereocenters. The van der Waals surface area contributed by atoms with Crippen LogP contribution in [0.3, 0.4) is 0 Å². The molecule has 0 radical (unpaired) electrons. The van der Waals surface area contributed by atoms with Gasteiger partial charge in [-0.05, 0) is 48.5 Å². The molecule has 0 aromatic heterocycles. The Bertz CT molecular complexity index is 896. The summed E-state index contributed by atoms with van der Waals surface area (Å²) in [5.41, 5.74) is 9.28. The van der Waals surface area contributed by atoms with E-state index < -0.39 is 6.04 Å². The summed E-state index contributed by atoms with van der Waals surface area (Å²) >= 11 is 1.64. The molecule has 0 saturated carbocycles. The number of nitrogens with two attached hydrogens (primary N) is 1. The molecule has 5 N–H and O–H groups in total. The predicted molar refractivity (Wildman–Crippen MR) is 123 cm³/mol. The van der Waals surface area contributed by atoms with E-state index in [0.29, 0.717) is 41.6 Å². The third-order valence-corrected chi connectivity index (χ3v) is 5.23. The fraction of sp³-hybridized carbons (Fsp3) is 0.261. The zero-order valence-electron chi connectivity index (χ0n) is 16.6. The summed E-state index contributed by atoms with van der Waals surface area (Å²) < 4.78 is 0. The highest BCUT2D eigenvalue weighted by Gasteiger charge is 2.20. The van der Waals surface area contributed by atoms with Crippen LogP contribution >= 0.6 is 11.8 Å². The number of carbonyl (C=O) groups is 1. The van der Waals surface area contributed by atoms with Crippen LogP contribution in [0.2, 0.25) is 0 Å². The Morgan fingerprint density at radius 3 is 2.48 bits per heavy atom. The number of phenols is 2. The molecule has 0 saturated heterocycles. The number of amides is 1. The lowest BCUT2D eigenvalue weighted by atomic mass is 9.95. The molecular formula is C23H28N2O3S. The van der Waals surface area contributed by atoms with E-state index in [1.807, 2.05) is 24.5 Å². The standard InChI is InChI=1S/C23H28N2O3S/c1-4-7-15-9-6-10-17(22(15)25-23(28)19(24)11-12-29-3)18-13-16(8-5-2)20(26)14-21(18)27/h4-6,9-10,13-14,19,26-27H,1-2,7-8,11-12,24H2,3H3,(H,25,28). The number of aromatic hydroxyl groups is 2. The van der Waals surface area contributed by atoms with Gasteiger partial charge in [0.2, 0.25) is 5.91 Å². The third-order valence-electron chi connectivity index (χ3n) is 4.58. The number of rotatable bonds is 10. The summed E-state index contributed by atoms with van der Waals surface area (Å²) in [5, 5.41) is 23.5. The molecule has 0 bridgehead atoms. The molecule has 0 fully saturated rings. The van der Waals surface area contributed by atoms with Gasteiger partial charge in [-0.15, -0.1) is 13.2 Å². The number of phenolic OH excluding ortho intramolecular Hbond substituents is 2. The average molecular weight is 413 g/mol. The summed E-state index contributed by atoms with van der Waals surface area (Å²) in [6, 6.07) is 7.97. The molecule has 5 nitrogen and oxygen atoms in total. The van der Waals surface area contributed by atoms with Gasteiger partial charge in [-0.3, -0.25) is 4.79 Å². The molecule has 29 heavy (non-hydrogen) atoms. The van der Waals surface area contributed by atoms with E-state index >= 15 is 0 Å². The Morgan fingerprint density at radius 1 is 1.14 bits per heavy atom. The normalized spacial score (nSPS) is 11.7. The van der Waals surface area contributed by atoms with Gasteiger partial charge in [0, 0.05) is 17.2 Å². The second-order valence-electron chi connectivity index (χ2n) is 6.70. The van der Waals surface area contributed by atoms with Crippen molar-refractivity contribution in [1.29, 1.82) is 0 Å². The summed E-state index contributed by atoms with van der Waals surface area (Å²) in [7, 11) is 0. The first-order chi connectivity index (χ1) is 13.9. The van der Waals surface area contributed by atoms with Gasteiger partial charge >= 0.3 is 0 Å². The van der Waals surface area contributed by atoms with Crippen molar-refractivity contribution >= 4 is 23.4 Å². The molecule has 0 heterocycles. The van der Waals surface area contributed by atoms with E-state index in [9.17, 15) is 15.0 Å². The highest BCUT2D eigenvalue weighted by Crippen LogP contribution is 2.40. The lowest BCUT2D eigenvalue weighted by molar-refractivity contribution is -0.117. The van der Waals surface area contributed by atoms with Gasteiger partial charge in [0.25, 0.3) is 0 Å². The topological polar surface area (TPSA) is 95.6 Å². The van der Waals surface area contributed by atoms with Crippen LogP contribution in [0.5, 0.6) is 11.5 Å². The highest BCUT2D eigenvalue weighted by molar-refractivity contribution is 7.98. The van der Waals surface area contributed by atoms with E-state index in [0.717, 1.165) is 11.3 Å². The van der Waals surface area contributed by atoms with Gasteiger partial charge in [-0.1, -0.05) is 30.4 Å². The Balaban J connectivity index is 2.54. The number of anilines is 1. The maximum absolute atomic E-state index is 12.7. The van der Waals surface area contributed by atoms with Crippen LogP contribution < -0.4 is 11.1 Å². The zero-order chi connectivity index (χ0) is 21.4. The van der Waals surface area contributed by atoms with Gasteiger partial charge in [0.05, 0.1) is 11.7 Å². The number of hydrogen-bond acceptors (Lipinski definition) is 5. The molecule has 0 aliphatic heterocycles. The largest absolute Gasteiger partial charge is 0.508 e. The molecule has 0 aliphatic carbocycles. The third kappa shape index (κ3) is 5.65. The Morgan fingerprint density at radius 2 is 1.83 bits per heavy atom. The molecule has 2 rings (SSSR count). The number of hydrogen-bond donors (Lipinski definition) is 4. The van der Waals surface area contributed by atoms with E-state index in [2.05, 4.69) is 18.5 Å². The maximum atomic E-state index is 12.7. The molecule has 0 aliphatic rings. The van der Waals surface area contributed by atoms with Crippen molar-refractivity contribution in [3.05, 3.63) is 66.8 Å². The fourth-order valence-electron chi connectivity index (χ4n) is 3.05. The van der Waals surface area contributed by atoms with E-state index in [1.165, 1.54) is 6.07 Å². The van der Waals surface area contributed by atoms with Crippen molar-refractivity contribution in [2.45, 2.75) is 25.3 Å². The van der Waals surface area contributed by atoms with Crippen molar-refractivity contribution in [3.63, 3.8) is 0 Å². The van der Waals surface area contributed by atoms with Crippen molar-refractivity contribution in [2.24, 2.45) is 5.73 Å². The van der Waals surface area contributed by atoms with Crippen molar-refractivity contribution in [3.8, 4) is 22.6 Å². The molecule has 1 amide bonds. The highest BCUT2D eigenvalue weighted by atomic mass is 32.2. The van der Waals surface area contributed by atoms with Crippen LogP contribution in [-0.2, 0) is 17.6 Å². The first kappa shape index (κ1) is 22.6. The number of nitrogens with one attached hydrogen (secondary N) is 1. The van der Waals surface area contributed by atoms with Crippen molar-refractivity contribution < 1.29 is 15.0 Å². The monoisotopic (exact) mass is 412 g/mol. The zero-order valence-corrected chi connectivity index (χ0v) is 17.5. The van der Waals surface area contributed by atoms with Crippen LogP contribution in [0.15, 0.2) is 55.6 Å². The molecule has 0 spiro atoms. The van der Waals surface area contributed by atoms with Crippen LogP contribution in [0.1, 0.15) is 17.5 Å². The minimum absolute atomic E-state index is 0.00179. The number of allylic oxidation sites excluding steroid dienone is 2. The molecule has 6 heteroatoms. The van der Waals surface area contributed by atoms with Crippen molar-refractivity contribution in [2.75, 3.05) is 17.3 Å². The van der Waals surface area contributed by atoms with Crippen LogP contribution in [0, 0.1) is 0 Å². The van der Waals surface area contributed by atoms with Crippen molar-refractivity contribution in [1.82, 2.24) is 0 Å². The fourth-order valence-corrected chi connectivity index (χ4v) is 3.54. The summed E-state index contributed by atoms with van der Waals surface area (Å²) in [6.45, 7) is 7.49. The summed E-state index contributed by atoms with van der Waals surface area (Å²) in [5.74, 6) is 0.437. The van der Waals surface area contributed by atoms with E-state index in [4.69, 9.17) is 5.73 Å². The second-order valence-corrected chi connectivity index (χ2v) is 7.69. The van der Waals surface area contributed by atoms with E-state index in [-0.39, 0.29) is 17.4 Å². The second kappa shape index (κ2) is 10.7. The van der Waals surface area contributed by atoms with E-state index in [1.54, 1.807) is 30.0 Å². The SMILES string of the molecule is C=CCc1cc(-c2cccc(CC=C)c2NC(=O)C(N)CCSC)c(O)cc1O. The van der Waals surface area contributed by atoms with Crippen LogP contribution in [0.25, 0.3) is 11.1 Å². The van der Waals surface area contributed by atoms with Crippen LogP contribution in [0.4, 0.5) is 5.69 Å². The lowest BCUT2D eigenvalue weighted by Gasteiger charge is -2.19. The smallest absolute Gasteiger partial charge is 0.241 e. The summed E-state index contributed by atoms with van der Waals surface area (Å²) in [4.78, 5) is 12.7. The average Bonchev–Trinajstić information content (AvgIpc) is 2.69. The Hall–Kier alpha value is -2.70. The minimum atomic E-state index is -0.628. The number of benzene rings is 2. The molecule has 2 aromatic carbocycles. The molecule has 1 unspecified atom stereocenters. The Kier molecular flexibility index (Phi) is 8.36. The first-order valence-electron chi connectivity index (χ1n) is 9.37. The predicted octanol–water partition coefficient (Wildman–Crippen LogP) is 4.24. The lowest BCUT2D eigenvalue weighted by Crippen LogP contribution is -2.36. The van der Waals surface area contributed by atoms with Gasteiger partial charge in [0.15, 0.2) is 0 Å². The first-order valence-corrected chi connectivity index (χ1v) is 10.8. The quantitative estimate of drug-likeness (QED) is 0.438. The maximum Gasteiger partial charge on any atom is 0.241 e. The van der Waals surface area contributed by atoms with Crippen LogP contribution in [-0.4, -0.2) is 34.2 Å². The molecule has 154 valence electrons. The summed E-state index contributed by atoms with van der Waals surface area (Å²) in [6.07, 6.45) is 6.96. The van der Waals surface area contributed by atoms with Gasteiger partial charge in [0.1, 0.15) is 11.5 Å². The van der Waals surface area contributed by atoms with Gasteiger partial charge in [-0.25, -0.2) is 0 Å². The van der Waals surface area contributed by atoms with Gasteiger partial charge in [-0.2, -0.15) is 11.8 Å². The van der Waals surface area contributed by atoms with Gasteiger partial charge < -0.3 is 21.3 Å². The Labute approximate surface area is 176 Å². The number of para-hydroxylation sites is 1. The molecular weight excluding hydrogens is 384 g/mol. The number of carbonyl (C=O) groups excluding carboxylic acids is 1. The molecule has 2 aromatic rings. The minimum Gasteiger partial charge on any atom is -0.508 e. The number of thioether (sulfide) groups is 1.